The van der Waals surface area contributed by atoms with Crippen LogP contribution in [-0.4, -0.2) is 56.9 Å². The maximum Gasteiger partial charge on any atom is 0.226 e. The second-order valence-corrected chi connectivity index (χ2v) is 10.1. The molecule has 0 aromatic heterocycles. The number of rotatable bonds is 5. The number of nitrogens with one attached hydrogen (secondary N) is 1. The lowest BCUT2D eigenvalue weighted by atomic mass is 9.54. The van der Waals surface area contributed by atoms with Crippen molar-refractivity contribution in [1.82, 2.24) is 10.2 Å². The SMILES string of the molecule is C#CC12CCC(C(=O)NCCCN3CCS(=O)(=O)CC3)(CC1)CC2. The van der Waals surface area contributed by atoms with E-state index in [0.29, 0.717) is 19.6 Å². The van der Waals surface area contributed by atoms with Gasteiger partial charge in [0.15, 0.2) is 9.84 Å². The van der Waals surface area contributed by atoms with Crippen LogP contribution in [-0.2, 0) is 14.6 Å². The van der Waals surface area contributed by atoms with E-state index in [4.69, 9.17) is 6.42 Å². The Bertz CT molecular complexity index is 597. The van der Waals surface area contributed by atoms with Crippen LogP contribution < -0.4 is 5.32 Å². The summed E-state index contributed by atoms with van der Waals surface area (Å²) in [5.74, 6) is 3.70. The van der Waals surface area contributed by atoms with Gasteiger partial charge in [-0.05, 0) is 51.5 Å². The first kappa shape index (κ1) is 17.8. The van der Waals surface area contributed by atoms with Crippen molar-refractivity contribution in [3.63, 3.8) is 0 Å². The molecule has 0 spiro atoms. The van der Waals surface area contributed by atoms with Crippen LogP contribution >= 0.6 is 0 Å². The minimum absolute atomic E-state index is 0.0661. The highest BCUT2D eigenvalue weighted by atomic mass is 32.2. The average molecular weight is 353 g/mol. The lowest BCUT2D eigenvalue weighted by Gasteiger charge is -2.50. The van der Waals surface area contributed by atoms with E-state index in [9.17, 15) is 13.2 Å². The quantitative estimate of drug-likeness (QED) is 0.596. The van der Waals surface area contributed by atoms with Crippen molar-refractivity contribution in [3.05, 3.63) is 0 Å². The van der Waals surface area contributed by atoms with Crippen LogP contribution in [0.5, 0.6) is 0 Å². The maximum absolute atomic E-state index is 12.6. The molecule has 0 aromatic carbocycles. The van der Waals surface area contributed by atoms with Crippen LogP contribution in [0.2, 0.25) is 0 Å². The van der Waals surface area contributed by atoms with Crippen LogP contribution in [0, 0.1) is 23.2 Å². The molecule has 134 valence electrons. The Kier molecular flexibility index (Phi) is 4.94. The largest absolute Gasteiger partial charge is 0.356 e. The van der Waals surface area contributed by atoms with E-state index in [1.54, 1.807) is 0 Å². The Hall–Kier alpha value is -1.06. The molecule has 3 saturated carbocycles. The molecule has 1 heterocycles. The molecule has 1 saturated heterocycles. The molecule has 1 N–H and O–H groups in total. The van der Waals surface area contributed by atoms with Gasteiger partial charge in [-0.3, -0.25) is 4.79 Å². The summed E-state index contributed by atoms with van der Waals surface area (Å²) in [4.78, 5) is 14.8. The minimum atomic E-state index is -2.81. The highest BCUT2D eigenvalue weighted by molar-refractivity contribution is 7.91. The molecule has 4 aliphatic rings. The van der Waals surface area contributed by atoms with E-state index in [-0.39, 0.29) is 28.2 Å². The summed E-state index contributed by atoms with van der Waals surface area (Å²) >= 11 is 0. The maximum atomic E-state index is 12.6. The minimum Gasteiger partial charge on any atom is -0.356 e. The third kappa shape index (κ3) is 3.62. The Morgan fingerprint density at radius 3 is 2.21 bits per heavy atom. The van der Waals surface area contributed by atoms with Crippen molar-refractivity contribution < 1.29 is 13.2 Å². The average Bonchev–Trinajstić information content (AvgIpc) is 2.61. The van der Waals surface area contributed by atoms with Gasteiger partial charge in [-0.1, -0.05) is 5.92 Å². The number of terminal acetylenes is 1. The monoisotopic (exact) mass is 352 g/mol. The molecule has 6 heteroatoms. The van der Waals surface area contributed by atoms with Gasteiger partial charge in [0.25, 0.3) is 0 Å². The summed E-state index contributed by atoms with van der Waals surface area (Å²) < 4.78 is 22.8. The van der Waals surface area contributed by atoms with Crippen molar-refractivity contribution in [3.8, 4) is 12.3 Å². The number of carbonyl (C=O) groups is 1. The molecule has 24 heavy (non-hydrogen) atoms. The number of hydrogen-bond donors (Lipinski definition) is 1. The zero-order valence-corrected chi connectivity index (χ0v) is 15.2. The zero-order valence-electron chi connectivity index (χ0n) is 14.3. The second kappa shape index (κ2) is 6.68. The molecular weight excluding hydrogens is 324 g/mol. The first-order valence-corrected chi connectivity index (χ1v) is 10.9. The van der Waals surface area contributed by atoms with Crippen molar-refractivity contribution in [2.24, 2.45) is 10.8 Å². The summed E-state index contributed by atoms with van der Waals surface area (Å²) in [6.45, 7) is 2.76. The predicted octanol–water partition coefficient (Wildman–Crippen LogP) is 1.20. The van der Waals surface area contributed by atoms with E-state index in [1.807, 2.05) is 0 Å². The van der Waals surface area contributed by atoms with Crippen molar-refractivity contribution in [1.29, 1.82) is 0 Å². The number of fused-ring (bicyclic) bond motifs is 3. The Morgan fingerprint density at radius 1 is 1.08 bits per heavy atom. The van der Waals surface area contributed by atoms with Gasteiger partial charge in [-0.25, -0.2) is 8.42 Å². The third-order valence-corrected chi connectivity index (χ3v) is 8.02. The van der Waals surface area contributed by atoms with Crippen LogP contribution in [0.3, 0.4) is 0 Å². The molecule has 1 aliphatic heterocycles. The smallest absolute Gasteiger partial charge is 0.226 e. The Morgan fingerprint density at radius 2 is 1.67 bits per heavy atom. The van der Waals surface area contributed by atoms with Gasteiger partial charge in [0.2, 0.25) is 5.91 Å². The number of carbonyl (C=O) groups excluding carboxylic acids is 1. The fourth-order valence-corrected chi connectivity index (χ4v) is 5.69. The van der Waals surface area contributed by atoms with E-state index in [1.165, 1.54) is 0 Å². The molecule has 0 aromatic rings. The van der Waals surface area contributed by atoms with Crippen molar-refractivity contribution >= 4 is 15.7 Å². The topological polar surface area (TPSA) is 66.5 Å². The van der Waals surface area contributed by atoms with Gasteiger partial charge in [0.1, 0.15) is 0 Å². The molecule has 4 fully saturated rings. The van der Waals surface area contributed by atoms with Crippen molar-refractivity contribution in [2.45, 2.75) is 44.9 Å². The van der Waals surface area contributed by atoms with Gasteiger partial charge < -0.3 is 10.2 Å². The van der Waals surface area contributed by atoms with Crippen LogP contribution in [0.25, 0.3) is 0 Å². The molecule has 0 radical (unpaired) electrons. The number of amides is 1. The summed E-state index contributed by atoms with van der Waals surface area (Å²) in [5, 5.41) is 3.12. The summed E-state index contributed by atoms with van der Waals surface area (Å²) in [7, 11) is -2.81. The van der Waals surface area contributed by atoms with Gasteiger partial charge >= 0.3 is 0 Å². The molecule has 2 bridgehead atoms. The van der Waals surface area contributed by atoms with E-state index < -0.39 is 9.84 Å². The van der Waals surface area contributed by atoms with Gasteiger partial charge in [-0.15, -0.1) is 6.42 Å². The summed E-state index contributed by atoms with van der Waals surface area (Å²) in [6, 6.07) is 0. The first-order chi connectivity index (χ1) is 11.4. The molecule has 5 nitrogen and oxygen atoms in total. The fraction of sp³-hybridized carbons (Fsp3) is 0.833. The molecular formula is C18H28N2O3S. The highest BCUT2D eigenvalue weighted by Crippen LogP contribution is 2.56. The van der Waals surface area contributed by atoms with Crippen LogP contribution in [0.4, 0.5) is 0 Å². The predicted molar refractivity (Wildman–Crippen MR) is 94.1 cm³/mol. The highest BCUT2D eigenvalue weighted by Gasteiger charge is 2.51. The molecule has 1 amide bonds. The fourth-order valence-electron chi connectivity index (χ4n) is 4.41. The first-order valence-electron chi connectivity index (χ1n) is 9.08. The normalized spacial score (nSPS) is 35.3. The Labute approximate surface area is 145 Å². The number of hydrogen-bond acceptors (Lipinski definition) is 4. The standard InChI is InChI=1S/C18H28N2O3S/c1-2-17-4-7-18(8-5-17,9-6-17)16(21)19-10-3-11-20-12-14-24(22,23)15-13-20/h1H,3-15H2,(H,19,21). The van der Waals surface area contributed by atoms with Crippen LogP contribution in [0.15, 0.2) is 0 Å². The lowest BCUT2D eigenvalue weighted by Crippen LogP contribution is -2.50. The van der Waals surface area contributed by atoms with Gasteiger partial charge in [0.05, 0.1) is 11.5 Å². The lowest BCUT2D eigenvalue weighted by molar-refractivity contribution is -0.138. The molecule has 0 atom stereocenters. The van der Waals surface area contributed by atoms with E-state index in [2.05, 4.69) is 16.1 Å². The summed E-state index contributed by atoms with van der Waals surface area (Å²) in [5.41, 5.74) is -0.117. The van der Waals surface area contributed by atoms with Crippen LogP contribution in [0.1, 0.15) is 44.9 Å². The molecule has 3 aliphatic carbocycles. The Balaban J connectivity index is 1.39. The molecule has 4 rings (SSSR count). The van der Waals surface area contributed by atoms with E-state index >= 15 is 0 Å². The molecule has 0 unspecified atom stereocenters. The number of nitrogens with zero attached hydrogens (tertiary/aromatic N) is 1. The zero-order chi connectivity index (χ0) is 17.3. The van der Waals surface area contributed by atoms with Crippen molar-refractivity contribution in [2.75, 3.05) is 37.7 Å². The van der Waals surface area contributed by atoms with E-state index in [0.717, 1.165) is 51.5 Å². The second-order valence-electron chi connectivity index (χ2n) is 7.81. The van der Waals surface area contributed by atoms with Gasteiger partial charge in [-0.2, -0.15) is 0 Å². The summed E-state index contributed by atoms with van der Waals surface area (Å²) in [6.07, 6.45) is 12.3. The van der Waals surface area contributed by atoms with Gasteiger partial charge in [0, 0.05) is 30.5 Å². The third-order valence-electron chi connectivity index (χ3n) is 6.41. The number of sulfone groups is 1.